The van der Waals surface area contributed by atoms with E-state index in [1.807, 2.05) is 0 Å². The first-order valence-electron chi connectivity index (χ1n) is 6.23. The van der Waals surface area contributed by atoms with Gasteiger partial charge in [0.15, 0.2) is 0 Å². The molecule has 0 spiro atoms. The predicted octanol–water partition coefficient (Wildman–Crippen LogP) is 4.06. The van der Waals surface area contributed by atoms with E-state index in [1.54, 1.807) is 18.2 Å². The van der Waals surface area contributed by atoms with Crippen molar-refractivity contribution in [3.8, 4) is 0 Å². The lowest BCUT2D eigenvalue weighted by atomic mass is 10.00. The van der Waals surface area contributed by atoms with Gasteiger partial charge in [-0.3, -0.25) is 4.79 Å². The van der Waals surface area contributed by atoms with Crippen LogP contribution in [0.25, 0.3) is 0 Å². The summed E-state index contributed by atoms with van der Waals surface area (Å²) in [5.74, 6) is 0.136. The van der Waals surface area contributed by atoms with Crippen molar-refractivity contribution in [1.29, 1.82) is 0 Å². The van der Waals surface area contributed by atoms with Crippen LogP contribution >= 0.6 is 23.2 Å². The number of halogens is 2. The highest BCUT2D eigenvalue weighted by Gasteiger charge is 2.19. The topological polar surface area (TPSA) is 26.3 Å². The molecule has 2 rings (SSSR count). The van der Waals surface area contributed by atoms with E-state index in [0.29, 0.717) is 22.9 Å². The standard InChI is InChI=1S/C14H16Cl2O2/c15-13-5-3-6-14(16)12(13)9-10(17)8-11-4-1-2-7-18-11/h3,5-6,11H,1-2,4,7-9H2. The molecule has 1 aromatic carbocycles. The van der Waals surface area contributed by atoms with Gasteiger partial charge in [0.05, 0.1) is 6.10 Å². The third-order valence-corrected chi connectivity index (χ3v) is 3.87. The molecule has 0 aromatic heterocycles. The summed E-state index contributed by atoms with van der Waals surface area (Å²) >= 11 is 12.1. The summed E-state index contributed by atoms with van der Waals surface area (Å²) in [6.45, 7) is 0.769. The molecule has 2 nitrogen and oxygen atoms in total. The van der Waals surface area contributed by atoms with E-state index in [1.165, 1.54) is 0 Å². The van der Waals surface area contributed by atoms with Gasteiger partial charge in [-0.2, -0.15) is 0 Å². The van der Waals surface area contributed by atoms with Gasteiger partial charge >= 0.3 is 0 Å². The molecule has 0 saturated carbocycles. The van der Waals surface area contributed by atoms with Gasteiger partial charge in [-0.25, -0.2) is 0 Å². The molecule has 0 bridgehead atoms. The van der Waals surface area contributed by atoms with E-state index >= 15 is 0 Å². The summed E-state index contributed by atoms with van der Waals surface area (Å²) in [6, 6.07) is 5.29. The summed E-state index contributed by atoms with van der Waals surface area (Å²) < 4.78 is 5.56. The fourth-order valence-electron chi connectivity index (χ4n) is 2.19. The Balaban J connectivity index is 1.94. The molecule has 0 amide bonds. The van der Waals surface area contributed by atoms with Crippen molar-refractivity contribution < 1.29 is 9.53 Å². The molecular formula is C14H16Cl2O2. The van der Waals surface area contributed by atoms with Gasteiger partial charge in [0.2, 0.25) is 0 Å². The van der Waals surface area contributed by atoms with Gasteiger partial charge in [0, 0.05) is 29.5 Å². The zero-order chi connectivity index (χ0) is 13.0. The van der Waals surface area contributed by atoms with Crippen LogP contribution in [-0.2, 0) is 16.0 Å². The molecule has 1 heterocycles. The number of ether oxygens (including phenoxy) is 1. The second kappa shape index (κ2) is 6.55. The zero-order valence-electron chi connectivity index (χ0n) is 10.1. The van der Waals surface area contributed by atoms with Crippen LogP contribution in [0.4, 0.5) is 0 Å². The Morgan fingerprint density at radius 1 is 1.28 bits per heavy atom. The van der Waals surface area contributed by atoms with Crippen LogP contribution in [0, 0.1) is 0 Å². The number of carbonyl (C=O) groups is 1. The average molecular weight is 287 g/mol. The Bertz CT molecular complexity index is 406. The minimum Gasteiger partial charge on any atom is -0.378 e. The van der Waals surface area contributed by atoms with Crippen LogP contribution in [0.1, 0.15) is 31.2 Å². The Morgan fingerprint density at radius 2 is 2.00 bits per heavy atom. The van der Waals surface area contributed by atoms with E-state index in [9.17, 15) is 4.79 Å². The average Bonchev–Trinajstić information content (AvgIpc) is 2.35. The van der Waals surface area contributed by atoms with E-state index < -0.39 is 0 Å². The van der Waals surface area contributed by atoms with E-state index in [-0.39, 0.29) is 11.9 Å². The van der Waals surface area contributed by atoms with E-state index in [0.717, 1.165) is 31.4 Å². The number of rotatable bonds is 4. The molecule has 1 saturated heterocycles. The van der Waals surface area contributed by atoms with Crippen molar-refractivity contribution in [3.63, 3.8) is 0 Å². The lowest BCUT2D eigenvalue weighted by molar-refractivity contribution is -0.122. The van der Waals surface area contributed by atoms with Crippen LogP contribution in [0.15, 0.2) is 18.2 Å². The Morgan fingerprint density at radius 3 is 2.61 bits per heavy atom. The van der Waals surface area contributed by atoms with Gasteiger partial charge in [-0.1, -0.05) is 29.3 Å². The molecule has 1 aromatic rings. The maximum absolute atomic E-state index is 12.0. The largest absolute Gasteiger partial charge is 0.378 e. The quantitative estimate of drug-likeness (QED) is 0.834. The Kier molecular flexibility index (Phi) is 5.04. The van der Waals surface area contributed by atoms with Crippen LogP contribution < -0.4 is 0 Å². The lowest BCUT2D eigenvalue weighted by Gasteiger charge is -2.21. The van der Waals surface area contributed by atoms with Gasteiger partial charge in [-0.15, -0.1) is 0 Å². The zero-order valence-corrected chi connectivity index (χ0v) is 11.6. The summed E-state index contributed by atoms with van der Waals surface area (Å²) in [4.78, 5) is 12.0. The number of hydrogen-bond donors (Lipinski definition) is 0. The molecule has 1 atom stereocenters. The van der Waals surface area contributed by atoms with Crippen molar-refractivity contribution >= 4 is 29.0 Å². The summed E-state index contributed by atoms with van der Waals surface area (Å²) in [7, 11) is 0. The second-order valence-electron chi connectivity index (χ2n) is 4.61. The van der Waals surface area contributed by atoms with Crippen LogP contribution in [0.3, 0.4) is 0 Å². The minimum absolute atomic E-state index is 0.0764. The highest BCUT2D eigenvalue weighted by molar-refractivity contribution is 6.36. The second-order valence-corrected chi connectivity index (χ2v) is 5.42. The van der Waals surface area contributed by atoms with Crippen molar-refractivity contribution in [2.45, 2.75) is 38.2 Å². The summed E-state index contributed by atoms with van der Waals surface area (Å²) in [6.07, 6.45) is 4.04. The molecule has 0 aliphatic carbocycles. The van der Waals surface area contributed by atoms with Crippen molar-refractivity contribution in [2.75, 3.05) is 6.61 Å². The number of benzene rings is 1. The maximum Gasteiger partial charge on any atom is 0.139 e. The molecular weight excluding hydrogens is 271 g/mol. The number of ketones is 1. The van der Waals surface area contributed by atoms with Gasteiger partial charge in [-0.05, 0) is 37.0 Å². The lowest BCUT2D eigenvalue weighted by Crippen LogP contribution is -2.23. The first kappa shape index (κ1) is 13.9. The highest BCUT2D eigenvalue weighted by Crippen LogP contribution is 2.26. The van der Waals surface area contributed by atoms with Crippen molar-refractivity contribution in [1.82, 2.24) is 0 Å². The molecule has 98 valence electrons. The van der Waals surface area contributed by atoms with Gasteiger partial charge in [0.25, 0.3) is 0 Å². The van der Waals surface area contributed by atoms with Crippen LogP contribution in [0.5, 0.6) is 0 Å². The summed E-state index contributed by atoms with van der Waals surface area (Å²) in [5.41, 5.74) is 0.724. The van der Waals surface area contributed by atoms with Gasteiger partial charge < -0.3 is 4.74 Å². The molecule has 1 aliphatic rings. The third kappa shape index (κ3) is 3.71. The molecule has 0 N–H and O–H groups in total. The summed E-state index contributed by atoms with van der Waals surface area (Å²) in [5, 5.41) is 1.11. The first-order valence-corrected chi connectivity index (χ1v) is 6.98. The Labute approximate surface area is 117 Å². The van der Waals surface area contributed by atoms with Crippen LogP contribution in [-0.4, -0.2) is 18.5 Å². The molecule has 4 heteroatoms. The smallest absolute Gasteiger partial charge is 0.139 e. The number of carbonyl (C=O) groups excluding carboxylic acids is 1. The van der Waals surface area contributed by atoms with Crippen molar-refractivity contribution in [2.24, 2.45) is 0 Å². The SMILES string of the molecule is O=C(Cc1c(Cl)cccc1Cl)CC1CCCCO1. The molecule has 0 radical (unpaired) electrons. The maximum atomic E-state index is 12.0. The molecule has 18 heavy (non-hydrogen) atoms. The highest BCUT2D eigenvalue weighted by atomic mass is 35.5. The normalized spacial score (nSPS) is 19.8. The van der Waals surface area contributed by atoms with E-state index in [2.05, 4.69) is 0 Å². The van der Waals surface area contributed by atoms with Crippen LogP contribution in [0.2, 0.25) is 10.0 Å². The number of Topliss-reactive ketones (excluding diaryl/α,β-unsaturated/α-hetero) is 1. The third-order valence-electron chi connectivity index (χ3n) is 3.16. The van der Waals surface area contributed by atoms with Crippen molar-refractivity contribution in [3.05, 3.63) is 33.8 Å². The number of hydrogen-bond acceptors (Lipinski definition) is 2. The minimum atomic E-state index is 0.0764. The fourth-order valence-corrected chi connectivity index (χ4v) is 2.72. The fraction of sp³-hybridized carbons (Fsp3) is 0.500. The Hall–Kier alpha value is -0.570. The van der Waals surface area contributed by atoms with E-state index in [4.69, 9.17) is 27.9 Å². The first-order chi connectivity index (χ1) is 8.66. The molecule has 1 fully saturated rings. The molecule has 1 unspecified atom stereocenters. The monoisotopic (exact) mass is 286 g/mol. The predicted molar refractivity (Wildman–Crippen MR) is 73.4 cm³/mol. The van der Waals surface area contributed by atoms with Gasteiger partial charge in [0.1, 0.15) is 5.78 Å². The molecule has 1 aliphatic heterocycles.